The summed E-state index contributed by atoms with van der Waals surface area (Å²) in [6.45, 7) is 6.82. The molecule has 182 valence electrons. The third kappa shape index (κ3) is 5.51. The van der Waals surface area contributed by atoms with Crippen molar-refractivity contribution < 1.29 is 27.2 Å². The Hall–Kier alpha value is -3.11. The predicted molar refractivity (Wildman–Crippen MR) is 120 cm³/mol. The van der Waals surface area contributed by atoms with Gasteiger partial charge in [0.05, 0.1) is 26.3 Å². The number of halogens is 3. The second kappa shape index (κ2) is 10.0. The molecule has 7 nitrogen and oxygen atoms in total. The summed E-state index contributed by atoms with van der Waals surface area (Å²) < 4.78 is 54.4. The van der Waals surface area contributed by atoms with Crippen LogP contribution in [0.1, 0.15) is 22.6 Å². The van der Waals surface area contributed by atoms with E-state index in [4.69, 9.17) is 14.0 Å². The van der Waals surface area contributed by atoms with Gasteiger partial charge in [0.1, 0.15) is 0 Å². The van der Waals surface area contributed by atoms with Crippen molar-refractivity contribution in [3.8, 4) is 22.9 Å². The van der Waals surface area contributed by atoms with Gasteiger partial charge in [0, 0.05) is 38.3 Å². The van der Waals surface area contributed by atoms with Gasteiger partial charge in [0.15, 0.2) is 11.5 Å². The minimum absolute atomic E-state index is 0.284. The van der Waals surface area contributed by atoms with Gasteiger partial charge in [-0.2, -0.15) is 18.2 Å². The first-order valence-electron chi connectivity index (χ1n) is 10.9. The van der Waals surface area contributed by atoms with Gasteiger partial charge < -0.3 is 14.0 Å². The van der Waals surface area contributed by atoms with Crippen LogP contribution in [-0.2, 0) is 19.3 Å². The highest BCUT2D eigenvalue weighted by atomic mass is 19.4. The van der Waals surface area contributed by atoms with Gasteiger partial charge in [-0.25, -0.2) is 0 Å². The zero-order valence-corrected chi connectivity index (χ0v) is 19.4. The summed E-state index contributed by atoms with van der Waals surface area (Å²) in [5.41, 5.74) is 2.13. The van der Waals surface area contributed by atoms with E-state index in [1.807, 2.05) is 12.1 Å². The molecule has 1 aliphatic heterocycles. The standard InChI is InChI=1S/C24H27F3N4O3/c1-16-12-20(32-2)21(33-3)13-18(16)14-30-8-10-31(11-9-30)15-22-28-23(29-34-22)17-4-6-19(7-5-17)24(25,26)27/h4-7,12-13H,8-11,14-15H2,1-3H3. The Kier molecular flexibility index (Phi) is 7.08. The maximum absolute atomic E-state index is 12.8. The molecule has 0 amide bonds. The maximum Gasteiger partial charge on any atom is 0.416 e. The summed E-state index contributed by atoms with van der Waals surface area (Å²) in [5, 5.41) is 3.93. The summed E-state index contributed by atoms with van der Waals surface area (Å²) in [7, 11) is 3.27. The van der Waals surface area contributed by atoms with Gasteiger partial charge in [-0.05, 0) is 42.3 Å². The van der Waals surface area contributed by atoms with E-state index in [9.17, 15) is 13.2 Å². The molecular formula is C24H27F3N4O3. The summed E-state index contributed by atoms with van der Waals surface area (Å²) in [6.07, 6.45) is -4.37. The molecule has 34 heavy (non-hydrogen) atoms. The van der Waals surface area contributed by atoms with Crippen LogP contribution in [0.5, 0.6) is 11.5 Å². The molecule has 0 saturated carbocycles. The predicted octanol–water partition coefficient (Wildman–Crippen LogP) is 4.40. The lowest BCUT2D eigenvalue weighted by atomic mass is 10.1. The topological polar surface area (TPSA) is 63.9 Å². The Morgan fingerprint density at radius 2 is 1.50 bits per heavy atom. The van der Waals surface area contributed by atoms with E-state index >= 15 is 0 Å². The number of ether oxygens (including phenoxy) is 2. The van der Waals surface area contributed by atoms with Crippen molar-refractivity contribution in [3.63, 3.8) is 0 Å². The van der Waals surface area contributed by atoms with E-state index in [0.29, 0.717) is 18.0 Å². The molecule has 0 bridgehead atoms. The fourth-order valence-corrected chi connectivity index (χ4v) is 3.98. The smallest absolute Gasteiger partial charge is 0.416 e. The average molecular weight is 476 g/mol. The van der Waals surface area contributed by atoms with E-state index < -0.39 is 11.7 Å². The third-order valence-corrected chi connectivity index (χ3v) is 6.00. The largest absolute Gasteiger partial charge is 0.493 e. The highest BCUT2D eigenvalue weighted by Crippen LogP contribution is 2.32. The highest BCUT2D eigenvalue weighted by molar-refractivity contribution is 5.54. The van der Waals surface area contributed by atoms with E-state index in [1.165, 1.54) is 17.7 Å². The number of hydrogen-bond donors (Lipinski definition) is 0. The van der Waals surface area contributed by atoms with E-state index in [-0.39, 0.29) is 5.82 Å². The van der Waals surface area contributed by atoms with Crippen LogP contribution in [0.25, 0.3) is 11.4 Å². The van der Waals surface area contributed by atoms with E-state index in [2.05, 4.69) is 26.9 Å². The number of hydrogen-bond acceptors (Lipinski definition) is 7. The van der Waals surface area contributed by atoms with Gasteiger partial charge in [-0.3, -0.25) is 9.80 Å². The molecule has 0 spiro atoms. The Morgan fingerprint density at radius 3 is 2.09 bits per heavy atom. The lowest BCUT2D eigenvalue weighted by molar-refractivity contribution is -0.137. The minimum atomic E-state index is -4.37. The number of piperazine rings is 1. The molecule has 1 aliphatic rings. The van der Waals surface area contributed by atoms with Crippen molar-refractivity contribution in [1.29, 1.82) is 0 Å². The molecule has 0 radical (unpaired) electrons. The van der Waals surface area contributed by atoms with Crippen LogP contribution in [0.3, 0.4) is 0 Å². The number of benzene rings is 2. The summed E-state index contributed by atoms with van der Waals surface area (Å²) >= 11 is 0. The average Bonchev–Trinajstić information content (AvgIpc) is 3.29. The number of aromatic nitrogens is 2. The number of aryl methyl sites for hydroxylation is 1. The van der Waals surface area contributed by atoms with Crippen LogP contribution in [-0.4, -0.2) is 60.3 Å². The zero-order valence-electron chi connectivity index (χ0n) is 19.4. The van der Waals surface area contributed by atoms with Crippen LogP contribution < -0.4 is 9.47 Å². The van der Waals surface area contributed by atoms with Gasteiger partial charge in [0.2, 0.25) is 11.7 Å². The minimum Gasteiger partial charge on any atom is -0.493 e. The van der Waals surface area contributed by atoms with E-state index in [0.717, 1.165) is 61.9 Å². The Bertz CT molecular complexity index is 1110. The van der Waals surface area contributed by atoms with Crippen molar-refractivity contribution in [3.05, 3.63) is 59.0 Å². The number of nitrogens with zero attached hydrogens (tertiary/aromatic N) is 4. The Labute approximate surface area is 196 Å². The first kappa shape index (κ1) is 24.0. The number of rotatable bonds is 7. The molecule has 1 saturated heterocycles. The molecule has 1 aromatic heterocycles. The lowest BCUT2D eigenvalue weighted by Crippen LogP contribution is -2.45. The molecule has 4 rings (SSSR count). The van der Waals surface area contributed by atoms with Crippen LogP contribution in [0.2, 0.25) is 0 Å². The fraction of sp³-hybridized carbons (Fsp3) is 0.417. The van der Waals surface area contributed by atoms with Crippen molar-refractivity contribution in [2.24, 2.45) is 0 Å². The molecule has 10 heteroatoms. The monoisotopic (exact) mass is 476 g/mol. The highest BCUT2D eigenvalue weighted by Gasteiger charge is 2.30. The normalized spacial score (nSPS) is 15.5. The molecule has 1 fully saturated rings. The molecule has 0 atom stereocenters. The van der Waals surface area contributed by atoms with Gasteiger partial charge in [-0.1, -0.05) is 17.3 Å². The quantitative estimate of drug-likeness (QED) is 0.501. The van der Waals surface area contributed by atoms with Gasteiger partial charge in [-0.15, -0.1) is 0 Å². The maximum atomic E-state index is 12.8. The Morgan fingerprint density at radius 1 is 0.912 bits per heavy atom. The van der Waals surface area contributed by atoms with Crippen molar-refractivity contribution >= 4 is 0 Å². The Balaban J connectivity index is 1.32. The molecule has 0 unspecified atom stereocenters. The fourth-order valence-electron chi connectivity index (χ4n) is 3.98. The summed E-state index contributed by atoms with van der Waals surface area (Å²) in [4.78, 5) is 8.97. The molecular weight excluding hydrogens is 449 g/mol. The van der Waals surface area contributed by atoms with Crippen molar-refractivity contribution in [1.82, 2.24) is 19.9 Å². The molecule has 2 heterocycles. The molecule has 2 aromatic carbocycles. The van der Waals surface area contributed by atoms with Crippen LogP contribution in [0, 0.1) is 6.92 Å². The SMILES string of the molecule is COc1cc(C)c(CN2CCN(Cc3nc(-c4ccc(C(F)(F)F)cc4)no3)CC2)cc1OC. The number of methoxy groups -OCH3 is 2. The van der Waals surface area contributed by atoms with E-state index in [1.54, 1.807) is 14.2 Å². The molecule has 0 aliphatic carbocycles. The summed E-state index contributed by atoms with van der Waals surface area (Å²) in [6, 6.07) is 8.77. The molecule has 3 aromatic rings. The number of alkyl halides is 3. The second-order valence-corrected chi connectivity index (χ2v) is 8.27. The molecule has 0 N–H and O–H groups in total. The van der Waals surface area contributed by atoms with Gasteiger partial charge >= 0.3 is 6.18 Å². The van der Waals surface area contributed by atoms with Crippen LogP contribution >= 0.6 is 0 Å². The zero-order chi connectivity index (χ0) is 24.3. The first-order valence-corrected chi connectivity index (χ1v) is 10.9. The van der Waals surface area contributed by atoms with Crippen molar-refractivity contribution in [2.75, 3.05) is 40.4 Å². The first-order chi connectivity index (χ1) is 16.3. The second-order valence-electron chi connectivity index (χ2n) is 8.27. The van der Waals surface area contributed by atoms with Crippen molar-refractivity contribution in [2.45, 2.75) is 26.2 Å². The van der Waals surface area contributed by atoms with Gasteiger partial charge in [0.25, 0.3) is 0 Å². The summed E-state index contributed by atoms with van der Waals surface area (Å²) in [5.74, 6) is 2.18. The third-order valence-electron chi connectivity index (χ3n) is 6.00. The van der Waals surface area contributed by atoms with Crippen LogP contribution in [0.15, 0.2) is 40.9 Å². The van der Waals surface area contributed by atoms with Crippen LogP contribution in [0.4, 0.5) is 13.2 Å². The lowest BCUT2D eigenvalue weighted by Gasteiger charge is -2.34.